The molecule has 3 rings (SSSR count). The highest BCUT2D eigenvalue weighted by Gasteiger charge is 2.34. The van der Waals surface area contributed by atoms with Gasteiger partial charge in [-0.05, 0) is 30.4 Å². The third kappa shape index (κ3) is 5.90. The Morgan fingerprint density at radius 1 is 1.14 bits per heavy atom. The minimum atomic E-state index is -0.457. The monoisotopic (exact) mass is 385 g/mol. The van der Waals surface area contributed by atoms with Gasteiger partial charge in [0, 0.05) is 51.9 Å². The number of allylic oxidation sites excluding steroid dienone is 1. The molecule has 2 saturated heterocycles. The van der Waals surface area contributed by atoms with E-state index in [0.29, 0.717) is 12.5 Å². The van der Waals surface area contributed by atoms with Crippen LogP contribution >= 0.6 is 0 Å². The summed E-state index contributed by atoms with van der Waals surface area (Å²) in [6.07, 6.45) is 5.07. The summed E-state index contributed by atoms with van der Waals surface area (Å²) < 4.78 is 0. The molecular weight excluding hydrogens is 350 g/mol. The average Bonchev–Trinajstić information content (AvgIpc) is 2.71. The summed E-state index contributed by atoms with van der Waals surface area (Å²) in [5.41, 5.74) is 1.39. The maximum Gasteiger partial charge on any atom is 0.246 e. The molecule has 2 atom stereocenters. The van der Waals surface area contributed by atoms with E-state index in [-0.39, 0.29) is 11.9 Å². The van der Waals surface area contributed by atoms with E-state index in [2.05, 4.69) is 54.0 Å². The number of carbonyl (C=O) groups excluding carboxylic acids is 1. The molecule has 1 aromatic carbocycles. The zero-order valence-corrected chi connectivity index (χ0v) is 17.3. The molecule has 28 heavy (non-hydrogen) atoms. The molecule has 1 amide bonds. The molecule has 2 heterocycles. The normalized spacial score (nSPS) is 24.9. The van der Waals surface area contributed by atoms with Crippen molar-refractivity contribution in [2.75, 3.05) is 45.8 Å². The van der Waals surface area contributed by atoms with Crippen LogP contribution in [-0.4, -0.2) is 83.7 Å². The lowest BCUT2D eigenvalue weighted by Crippen LogP contribution is -2.59. The Morgan fingerprint density at radius 3 is 2.50 bits per heavy atom. The van der Waals surface area contributed by atoms with Gasteiger partial charge in [0.2, 0.25) is 5.91 Å². The zero-order chi connectivity index (χ0) is 19.9. The number of piperidine rings is 1. The molecule has 5 nitrogen and oxygen atoms in total. The molecule has 2 aliphatic rings. The van der Waals surface area contributed by atoms with E-state index in [1.807, 2.05) is 6.08 Å². The molecule has 0 aliphatic carbocycles. The summed E-state index contributed by atoms with van der Waals surface area (Å²) in [6.45, 7) is 10.5. The average molecular weight is 386 g/mol. The van der Waals surface area contributed by atoms with Crippen molar-refractivity contribution in [3.8, 4) is 0 Å². The summed E-state index contributed by atoms with van der Waals surface area (Å²) in [6, 6.07) is 10.8. The number of hydrogen-bond donors (Lipinski definition) is 1. The largest absolute Gasteiger partial charge is 0.390 e. The first-order valence-electron chi connectivity index (χ1n) is 10.7. The summed E-state index contributed by atoms with van der Waals surface area (Å²) in [5, 5.41) is 10.7. The Bertz CT molecular complexity index is 639. The van der Waals surface area contributed by atoms with Crippen LogP contribution in [0.25, 0.3) is 0 Å². The van der Waals surface area contributed by atoms with Crippen molar-refractivity contribution in [2.45, 2.75) is 38.8 Å². The lowest BCUT2D eigenvalue weighted by atomic mass is 9.99. The van der Waals surface area contributed by atoms with E-state index in [1.54, 1.807) is 11.0 Å². The molecule has 0 saturated carbocycles. The van der Waals surface area contributed by atoms with E-state index >= 15 is 0 Å². The van der Waals surface area contributed by atoms with Crippen LogP contribution in [0, 0.1) is 5.92 Å². The van der Waals surface area contributed by atoms with Gasteiger partial charge in [-0.1, -0.05) is 50.3 Å². The molecule has 0 spiro atoms. The van der Waals surface area contributed by atoms with Crippen molar-refractivity contribution < 1.29 is 9.90 Å². The van der Waals surface area contributed by atoms with Gasteiger partial charge in [0.15, 0.2) is 0 Å². The number of β-amino-alcohol motifs (C(OH)–C–C–N with tert-alkyl or cyclic N) is 1. The van der Waals surface area contributed by atoms with Crippen LogP contribution in [0.15, 0.2) is 42.5 Å². The third-order valence-corrected chi connectivity index (χ3v) is 5.92. The molecule has 2 fully saturated rings. The van der Waals surface area contributed by atoms with Crippen molar-refractivity contribution in [1.82, 2.24) is 14.7 Å². The molecule has 0 bridgehead atoms. The Labute approximate surface area is 169 Å². The Morgan fingerprint density at radius 2 is 1.86 bits per heavy atom. The van der Waals surface area contributed by atoms with Crippen molar-refractivity contribution in [3.63, 3.8) is 0 Å². The highest BCUT2D eigenvalue weighted by Crippen LogP contribution is 2.19. The van der Waals surface area contributed by atoms with Gasteiger partial charge in [-0.3, -0.25) is 9.69 Å². The Hall–Kier alpha value is -1.69. The van der Waals surface area contributed by atoms with Gasteiger partial charge >= 0.3 is 0 Å². The predicted molar refractivity (Wildman–Crippen MR) is 113 cm³/mol. The van der Waals surface area contributed by atoms with Crippen LogP contribution in [-0.2, 0) is 11.2 Å². The van der Waals surface area contributed by atoms with Gasteiger partial charge in [0.25, 0.3) is 0 Å². The number of piperazine rings is 1. The molecule has 0 unspecified atom stereocenters. The van der Waals surface area contributed by atoms with E-state index in [4.69, 9.17) is 0 Å². The van der Waals surface area contributed by atoms with Crippen LogP contribution in [0.5, 0.6) is 0 Å². The first kappa shape index (κ1) is 21.0. The van der Waals surface area contributed by atoms with Gasteiger partial charge in [0.05, 0.1) is 6.10 Å². The lowest BCUT2D eigenvalue weighted by Gasteiger charge is -2.45. The first-order valence-corrected chi connectivity index (χ1v) is 10.7. The number of aliphatic hydroxyl groups excluding tert-OH is 1. The molecule has 1 aromatic rings. The fourth-order valence-electron chi connectivity index (χ4n) is 4.18. The molecular formula is C23H35N3O2. The van der Waals surface area contributed by atoms with Crippen LogP contribution < -0.4 is 0 Å². The van der Waals surface area contributed by atoms with E-state index < -0.39 is 6.10 Å². The number of benzene rings is 1. The number of amides is 1. The molecule has 154 valence electrons. The minimum Gasteiger partial charge on any atom is -0.390 e. The predicted octanol–water partition coefficient (Wildman–Crippen LogP) is 2.02. The number of carbonyl (C=O) groups is 1. The van der Waals surface area contributed by atoms with Crippen molar-refractivity contribution in [2.24, 2.45) is 5.92 Å². The second-order valence-electron chi connectivity index (χ2n) is 8.42. The highest BCUT2D eigenvalue weighted by molar-refractivity contribution is 5.87. The van der Waals surface area contributed by atoms with Gasteiger partial charge in [-0.2, -0.15) is 0 Å². The number of likely N-dealkylation sites (tertiary alicyclic amines) is 1. The standard InChI is InChI=1S/C23H35N3O2/c1-19(2)8-9-23(28)26-13-11-21(22(27)18-26)25-16-14-24(15-17-25)12-10-20-6-4-3-5-7-20/h3-9,19,21-22,27H,10-18H2,1-2H3/b9-8+/t21-,22-/m1/s1. The maximum absolute atomic E-state index is 12.3. The quantitative estimate of drug-likeness (QED) is 0.761. The first-order chi connectivity index (χ1) is 13.5. The molecule has 1 N–H and O–H groups in total. The smallest absolute Gasteiger partial charge is 0.246 e. The second-order valence-corrected chi connectivity index (χ2v) is 8.42. The van der Waals surface area contributed by atoms with Crippen molar-refractivity contribution in [3.05, 3.63) is 48.0 Å². The SMILES string of the molecule is CC(C)/C=C/C(=O)N1CC[C@@H](N2CCN(CCc3ccccc3)CC2)[C@H](O)C1. The number of hydrogen-bond acceptors (Lipinski definition) is 4. The molecule has 0 radical (unpaired) electrons. The van der Waals surface area contributed by atoms with Crippen LogP contribution in [0.1, 0.15) is 25.8 Å². The van der Waals surface area contributed by atoms with Gasteiger partial charge in [-0.15, -0.1) is 0 Å². The Balaban J connectivity index is 1.42. The topological polar surface area (TPSA) is 47.0 Å². The lowest BCUT2D eigenvalue weighted by molar-refractivity contribution is -0.131. The second kappa shape index (κ2) is 10.2. The third-order valence-electron chi connectivity index (χ3n) is 5.92. The summed E-state index contributed by atoms with van der Waals surface area (Å²) >= 11 is 0. The van der Waals surface area contributed by atoms with E-state index in [0.717, 1.165) is 52.1 Å². The van der Waals surface area contributed by atoms with Gasteiger partial charge < -0.3 is 14.9 Å². The fraction of sp³-hybridized carbons (Fsp3) is 0.609. The summed E-state index contributed by atoms with van der Waals surface area (Å²) in [4.78, 5) is 19.0. The molecule has 5 heteroatoms. The number of aliphatic hydroxyl groups is 1. The van der Waals surface area contributed by atoms with Crippen molar-refractivity contribution in [1.29, 1.82) is 0 Å². The zero-order valence-electron chi connectivity index (χ0n) is 17.3. The summed E-state index contributed by atoms with van der Waals surface area (Å²) in [7, 11) is 0. The van der Waals surface area contributed by atoms with E-state index in [1.165, 1.54) is 5.56 Å². The molecule has 0 aromatic heterocycles. The maximum atomic E-state index is 12.3. The van der Waals surface area contributed by atoms with Crippen molar-refractivity contribution >= 4 is 5.91 Å². The number of rotatable bonds is 6. The Kier molecular flexibility index (Phi) is 7.65. The van der Waals surface area contributed by atoms with Crippen LogP contribution in [0.3, 0.4) is 0 Å². The highest BCUT2D eigenvalue weighted by atomic mass is 16.3. The molecule has 2 aliphatic heterocycles. The fourth-order valence-corrected chi connectivity index (χ4v) is 4.18. The van der Waals surface area contributed by atoms with E-state index in [9.17, 15) is 9.90 Å². The minimum absolute atomic E-state index is 0.0249. The van der Waals surface area contributed by atoms with Crippen LogP contribution in [0.2, 0.25) is 0 Å². The van der Waals surface area contributed by atoms with Gasteiger partial charge in [0.1, 0.15) is 0 Å². The van der Waals surface area contributed by atoms with Crippen LogP contribution in [0.4, 0.5) is 0 Å². The number of nitrogens with zero attached hydrogens (tertiary/aromatic N) is 3. The summed E-state index contributed by atoms with van der Waals surface area (Å²) in [5.74, 6) is 0.390. The van der Waals surface area contributed by atoms with Gasteiger partial charge in [-0.25, -0.2) is 0 Å².